The molecule has 5 N–H and O–H groups in total. The van der Waals surface area contributed by atoms with E-state index in [4.69, 9.17) is 15.6 Å². The largest absolute Gasteiger partial charge is 0.394 e. The van der Waals surface area contributed by atoms with Crippen molar-refractivity contribution in [3.8, 4) is 0 Å². The Labute approximate surface area is 106 Å². The minimum Gasteiger partial charge on any atom is -0.394 e. The number of aliphatic hydroxyl groups is 3. The zero-order chi connectivity index (χ0) is 13.6. The number of nitrogens with two attached hydrogens (primary N) is 1. The molecule has 10 heteroatoms. The van der Waals surface area contributed by atoms with E-state index >= 15 is 0 Å². The molecule has 10 nitrogen and oxygen atoms in total. The summed E-state index contributed by atoms with van der Waals surface area (Å²) in [5.74, 6) is 0.156. The molecule has 3 rings (SSSR count). The standard InChI is InChI=1S/C9H12N6O4/c10-7-4-8(12-2-11-7)14-15(13-4)9-6(18)5(17)3(1-16)19-9/h2-3,5-6,9,16-18H,1H2,(H2,10,11,12,14)/t3-,5-,6+,9+/m0/s1. The molecular formula is C9H12N6O4. The molecule has 0 radical (unpaired) electrons. The van der Waals surface area contributed by atoms with Crippen LogP contribution >= 0.6 is 0 Å². The van der Waals surface area contributed by atoms with Crippen molar-refractivity contribution in [2.75, 3.05) is 12.3 Å². The summed E-state index contributed by atoms with van der Waals surface area (Å²) >= 11 is 0. The highest BCUT2D eigenvalue weighted by Gasteiger charge is 2.44. The van der Waals surface area contributed by atoms with Gasteiger partial charge in [-0.25, -0.2) is 9.97 Å². The van der Waals surface area contributed by atoms with E-state index < -0.39 is 31.1 Å². The number of aromatic nitrogens is 5. The first-order valence-electron chi connectivity index (χ1n) is 5.57. The predicted octanol–water partition coefficient (Wildman–Crippen LogP) is -2.58. The second-order valence-electron chi connectivity index (χ2n) is 4.18. The summed E-state index contributed by atoms with van der Waals surface area (Å²) in [5.41, 5.74) is 6.16. The molecule has 0 amide bonds. The molecule has 1 fully saturated rings. The summed E-state index contributed by atoms with van der Waals surface area (Å²) < 4.78 is 5.29. The first-order chi connectivity index (χ1) is 9.11. The molecule has 1 aliphatic rings. The predicted molar refractivity (Wildman–Crippen MR) is 60.5 cm³/mol. The SMILES string of the molecule is Nc1ncnc2nn([C@@H]3O[C@@H](CO)[C@H](O)[C@H]3O)nc12. The third-order valence-corrected chi connectivity index (χ3v) is 2.98. The molecule has 0 spiro atoms. The minimum absolute atomic E-state index is 0.156. The van der Waals surface area contributed by atoms with Crippen molar-refractivity contribution in [2.24, 2.45) is 0 Å². The van der Waals surface area contributed by atoms with Gasteiger partial charge in [-0.1, -0.05) is 0 Å². The molecule has 0 unspecified atom stereocenters. The lowest BCUT2D eigenvalue weighted by Crippen LogP contribution is -2.33. The van der Waals surface area contributed by atoms with E-state index in [0.717, 1.165) is 4.80 Å². The Kier molecular flexibility index (Phi) is 2.78. The van der Waals surface area contributed by atoms with E-state index in [9.17, 15) is 10.2 Å². The summed E-state index contributed by atoms with van der Waals surface area (Å²) in [4.78, 5) is 8.72. The summed E-state index contributed by atoms with van der Waals surface area (Å²) in [6.45, 7) is -0.419. The first kappa shape index (κ1) is 12.2. The molecule has 19 heavy (non-hydrogen) atoms. The highest BCUT2D eigenvalue weighted by molar-refractivity contribution is 5.79. The molecule has 2 aromatic heterocycles. The highest BCUT2D eigenvalue weighted by Crippen LogP contribution is 2.28. The molecule has 102 valence electrons. The summed E-state index contributed by atoms with van der Waals surface area (Å²) in [6.07, 6.45) is -3.13. The maximum atomic E-state index is 9.85. The van der Waals surface area contributed by atoms with Gasteiger partial charge in [0.2, 0.25) is 5.65 Å². The number of anilines is 1. The van der Waals surface area contributed by atoms with Gasteiger partial charge in [0.1, 0.15) is 24.6 Å². The van der Waals surface area contributed by atoms with E-state index in [2.05, 4.69) is 20.2 Å². The quantitative estimate of drug-likeness (QED) is 0.459. The number of rotatable bonds is 2. The molecule has 0 bridgehead atoms. The normalized spacial score (nSPS) is 31.1. The van der Waals surface area contributed by atoms with Crippen molar-refractivity contribution < 1.29 is 20.1 Å². The minimum atomic E-state index is -1.26. The number of fused-ring (bicyclic) bond motifs is 1. The molecule has 3 heterocycles. The molecule has 1 aliphatic heterocycles. The van der Waals surface area contributed by atoms with E-state index in [1.165, 1.54) is 6.33 Å². The Bertz CT molecular complexity index is 603. The average molecular weight is 268 g/mol. The number of ether oxygens (including phenoxy) is 1. The van der Waals surface area contributed by atoms with E-state index in [0.29, 0.717) is 0 Å². The van der Waals surface area contributed by atoms with Crippen molar-refractivity contribution in [3.63, 3.8) is 0 Å². The lowest BCUT2D eigenvalue weighted by atomic mass is 10.1. The average Bonchev–Trinajstić information content (AvgIpc) is 2.94. The Morgan fingerprint density at radius 1 is 1.26 bits per heavy atom. The summed E-state index contributed by atoms with van der Waals surface area (Å²) in [5, 5.41) is 36.6. The van der Waals surface area contributed by atoms with Crippen LogP contribution in [0.2, 0.25) is 0 Å². The molecule has 4 atom stereocenters. The van der Waals surface area contributed by atoms with Gasteiger partial charge in [-0.15, -0.1) is 15.0 Å². The van der Waals surface area contributed by atoms with Crippen LogP contribution in [0, 0.1) is 0 Å². The van der Waals surface area contributed by atoms with Crippen LogP contribution in [0.3, 0.4) is 0 Å². The van der Waals surface area contributed by atoms with Crippen molar-refractivity contribution in [3.05, 3.63) is 6.33 Å². The number of nitrogens with zero attached hydrogens (tertiary/aromatic N) is 5. The van der Waals surface area contributed by atoms with Gasteiger partial charge in [-0.3, -0.25) is 0 Å². The Balaban J connectivity index is 1.99. The zero-order valence-electron chi connectivity index (χ0n) is 9.66. The lowest BCUT2D eigenvalue weighted by Gasteiger charge is -2.12. The van der Waals surface area contributed by atoms with Gasteiger partial charge in [0, 0.05) is 0 Å². The summed E-state index contributed by atoms with van der Waals surface area (Å²) in [7, 11) is 0. The van der Waals surface area contributed by atoms with Crippen LogP contribution in [0.15, 0.2) is 6.33 Å². The topological polar surface area (TPSA) is 152 Å². The van der Waals surface area contributed by atoms with Crippen LogP contribution in [0.4, 0.5) is 5.82 Å². The van der Waals surface area contributed by atoms with Crippen LogP contribution in [0.25, 0.3) is 11.2 Å². The maximum Gasteiger partial charge on any atom is 0.207 e. The molecule has 1 saturated heterocycles. The third kappa shape index (κ3) is 1.81. The van der Waals surface area contributed by atoms with Gasteiger partial charge < -0.3 is 25.8 Å². The summed E-state index contributed by atoms with van der Waals surface area (Å²) in [6, 6.07) is 0. The molecule has 0 aromatic carbocycles. The van der Waals surface area contributed by atoms with Crippen LogP contribution < -0.4 is 5.73 Å². The zero-order valence-corrected chi connectivity index (χ0v) is 9.66. The van der Waals surface area contributed by atoms with Crippen molar-refractivity contribution in [1.82, 2.24) is 25.0 Å². The van der Waals surface area contributed by atoms with Crippen LogP contribution in [0.1, 0.15) is 6.23 Å². The van der Waals surface area contributed by atoms with Gasteiger partial charge in [0.15, 0.2) is 17.6 Å². The molecule has 0 aliphatic carbocycles. The van der Waals surface area contributed by atoms with Gasteiger partial charge in [0.25, 0.3) is 0 Å². The maximum absolute atomic E-state index is 9.85. The van der Waals surface area contributed by atoms with Gasteiger partial charge in [-0.05, 0) is 0 Å². The highest BCUT2D eigenvalue weighted by atomic mass is 16.6. The smallest absolute Gasteiger partial charge is 0.207 e. The molecular weight excluding hydrogens is 256 g/mol. The second-order valence-corrected chi connectivity index (χ2v) is 4.18. The first-order valence-corrected chi connectivity index (χ1v) is 5.57. The van der Waals surface area contributed by atoms with Crippen LogP contribution in [-0.2, 0) is 4.74 Å². The number of hydrogen-bond acceptors (Lipinski definition) is 9. The van der Waals surface area contributed by atoms with Crippen molar-refractivity contribution in [2.45, 2.75) is 24.5 Å². The fourth-order valence-electron chi connectivity index (χ4n) is 1.96. The fourth-order valence-corrected chi connectivity index (χ4v) is 1.96. The number of hydrogen-bond donors (Lipinski definition) is 4. The van der Waals surface area contributed by atoms with Crippen molar-refractivity contribution in [1.29, 1.82) is 0 Å². The van der Waals surface area contributed by atoms with E-state index in [1.807, 2.05) is 0 Å². The molecule has 0 saturated carbocycles. The van der Waals surface area contributed by atoms with Crippen LogP contribution in [-0.4, -0.2) is 65.2 Å². The van der Waals surface area contributed by atoms with Gasteiger partial charge in [0.05, 0.1) is 6.61 Å². The lowest BCUT2D eigenvalue weighted by molar-refractivity contribution is -0.0650. The second kappa shape index (κ2) is 4.35. The van der Waals surface area contributed by atoms with Gasteiger partial charge in [-0.2, -0.15) is 0 Å². The third-order valence-electron chi connectivity index (χ3n) is 2.98. The number of aliphatic hydroxyl groups excluding tert-OH is 3. The molecule has 2 aromatic rings. The van der Waals surface area contributed by atoms with E-state index in [-0.39, 0.29) is 17.0 Å². The van der Waals surface area contributed by atoms with E-state index in [1.54, 1.807) is 0 Å². The monoisotopic (exact) mass is 268 g/mol. The Morgan fingerprint density at radius 2 is 2.05 bits per heavy atom. The van der Waals surface area contributed by atoms with Gasteiger partial charge >= 0.3 is 0 Å². The number of nitrogen functional groups attached to an aromatic ring is 1. The Morgan fingerprint density at radius 3 is 2.68 bits per heavy atom. The fraction of sp³-hybridized carbons (Fsp3) is 0.556. The Hall–Kier alpha value is -1.88. The van der Waals surface area contributed by atoms with Crippen molar-refractivity contribution >= 4 is 17.0 Å². The van der Waals surface area contributed by atoms with Crippen LogP contribution in [0.5, 0.6) is 0 Å².